The molecule has 1 atom stereocenters. The summed E-state index contributed by atoms with van der Waals surface area (Å²) in [5.41, 5.74) is 4.35. The van der Waals surface area contributed by atoms with E-state index in [2.05, 4.69) is 9.55 Å². The number of carbonyl (C=O) groups excluding carboxylic acids is 2. The van der Waals surface area contributed by atoms with Crippen LogP contribution in [0.5, 0.6) is 0 Å². The number of benzene rings is 1. The van der Waals surface area contributed by atoms with E-state index in [9.17, 15) is 9.59 Å². The molecule has 158 valence electrons. The minimum atomic E-state index is -0.588. The molecule has 3 aromatic rings. The van der Waals surface area contributed by atoms with Gasteiger partial charge in [-0.3, -0.25) is 10.2 Å². The maximum absolute atomic E-state index is 12.9. The number of hydrogen-bond acceptors (Lipinski definition) is 7. The Bertz CT molecular complexity index is 1190. The highest BCUT2D eigenvalue weighted by molar-refractivity contribution is 8.19. The number of hydrogen-bond donors (Lipinski definition) is 1. The van der Waals surface area contributed by atoms with Crippen molar-refractivity contribution in [1.82, 2.24) is 9.55 Å². The van der Waals surface area contributed by atoms with Gasteiger partial charge in [-0.1, -0.05) is 11.8 Å². The van der Waals surface area contributed by atoms with Crippen LogP contribution in [0.3, 0.4) is 0 Å². The van der Waals surface area contributed by atoms with Gasteiger partial charge in [0.05, 0.1) is 22.1 Å². The molecule has 0 spiro atoms. The summed E-state index contributed by atoms with van der Waals surface area (Å²) >= 11 is 2.60. The highest BCUT2D eigenvalue weighted by Gasteiger charge is 2.38. The van der Waals surface area contributed by atoms with Crippen LogP contribution in [-0.2, 0) is 9.53 Å². The third kappa shape index (κ3) is 4.00. The lowest BCUT2D eigenvalue weighted by Gasteiger charge is -2.10. The van der Waals surface area contributed by atoms with Crippen LogP contribution in [0.1, 0.15) is 45.2 Å². The molecule has 1 fully saturated rings. The Labute approximate surface area is 188 Å². The summed E-state index contributed by atoms with van der Waals surface area (Å²) in [6.45, 7) is 6.11. The van der Waals surface area contributed by atoms with Crippen LogP contribution in [0.15, 0.2) is 46.8 Å². The Balaban J connectivity index is 1.64. The number of ketones is 1. The van der Waals surface area contributed by atoms with Crippen LogP contribution in [0.4, 0.5) is 0 Å². The van der Waals surface area contributed by atoms with Gasteiger partial charge in [0.15, 0.2) is 5.78 Å². The molecule has 1 saturated heterocycles. The second-order valence-corrected chi connectivity index (χ2v) is 9.08. The first-order chi connectivity index (χ1) is 14.9. The van der Waals surface area contributed by atoms with E-state index in [1.54, 1.807) is 25.3 Å². The van der Waals surface area contributed by atoms with Gasteiger partial charge in [0.2, 0.25) is 0 Å². The van der Waals surface area contributed by atoms with Crippen molar-refractivity contribution in [1.29, 1.82) is 5.41 Å². The quantitative estimate of drug-likeness (QED) is 0.429. The summed E-state index contributed by atoms with van der Waals surface area (Å²) in [4.78, 5) is 29.6. The second-order valence-electron chi connectivity index (χ2n) is 7.07. The largest absolute Gasteiger partial charge is 0.462 e. The fraction of sp³-hybridized carbons (Fsp3) is 0.217. The fourth-order valence-corrected chi connectivity index (χ4v) is 5.42. The number of nitrogens with one attached hydrogen (secondary N) is 1. The van der Waals surface area contributed by atoms with Crippen molar-refractivity contribution in [2.75, 3.05) is 6.61 Å². The van der Waals surface area contributed by atoms with Crippen LogP contribution in [0.2, 0.25) is 0 Å². The third-order valence-corrected chi connectivity index (χ3v) is 6.91. The number of thioether (sulfide) groups is 1. The summed E-state index contributed by atoms with van der Waals surface area (Å²) in [6, 6.07) is 9.29. The van der Waals surface area contributed by atoms with Crippen LogP contribution in [0, 0.1) is 19.3 Å². The van der Waals surface area contributed by atoms with E-state index < -0.39 is 5.92 Å². The Morgan fingerprint density at radius 1 is 1.29 bits per heavy atom. The number of thiazole rings is 1. The zero-order valence-corrected chi connectivity index (χ0v) is 19.0. The number of Topliss-reactive ketones (excluding diaryl/α,β-unsaturated/α-hetero) is 1. The molecule has 3 heterocycles. The first-order valence-electron chi connectivity index (χ1n) is 9.78. The van der Waals surface area contributed by atoms with Gasteiger partial charge in [-0.05, 0) is 62.7 Å². The Morgan fingerprint density at radius 2 is 2.03 bits per heavy atom. The maximum atomic E-state index is 12.9. The first-order valence-corrected chi connectivity index (χ1v) is 11.5. The fourth-order valence-electron chi connectivity index (χ4n) is 3.62. The lowest BCUT2D eigenvalue weighted by atomic mass is 10.1. The van der Waals surface area contributed by atoms with Gasteiger partial charge in [0.25, 0.3) is 0 Å². The summed E-state index contributed by atoms with van der Waals surface area (Å²) in [5.74, 6) is -1.00. The number of esters is 1. The zero-order valence-electron chi connectivity index (χ0n) is 17.3. The molecule has 1 N–H and O–H groups in total. The predicted molar refractivity (Wildman–Crippen MR) is 124 cm³/mol. The Morgan fingerprint density at radius 3 is 2.68 bits per heavy atom. The monoisotopic (exact) mass is 451 g/mol. The Kier molecular flexibility index (Phi) is 5.93. The molecule has 8 heteroatoms. The molecule has 2 aromatic heterocycles. The van der Waals surface area contributed by atoms with Crippen molar-refractivity contribution >= 4 is 46.0 Å². The van der Waals surface area contributed by atoms with Crippen molar-refractivity contribution < 1.29 is 14.3 Å². The molecule has 0 bridgehead atoms. The SMILES string of the molecule is CCOC(=O)c1ccc(-n2c(C)cc(/C=C3\SC(=N)[C@H](c4nccs4)C3=O)c2C)cc1. The van der Waals surface area contributed by atoms with Gasteiger partial charge < -0.3 is 9.30 Å². The van der Waals surface area contributed by atoms with E-state index in [1.807, 2.05) is 43.5 Å². The van der Waals surface area contributed by atoms with E-state index in [4.69, 9.17) is 10.1 Å². The number of aryl methyl sites for hydroxylation is 1. The molecule has 0 saturated carbocycles. The summed E-state index contributed by atoms with van der Waals surface area (Å²) in [7, 11) is 0. The van der Waals surface area contributed by atoms with Crippen molar-refractivity contribution in [2.45, 2.75) is 26.7 Å². The van der Waals surface area contributed by atoms with E-state index in [0.717, 1.165) is 22.6 Å². The lowest BCUT2D eigenvalue weighted by Crippen LogP contribution is -2.11. The van der Waals surface area contributed by atoms with Crippen molar-refractivity contribution in [3.63, 3.8) is 0 Å². The minimum Gasteiger partial charge on any atom is -0.462 e. The van der Waals surface area contributed by atoms with Crippen molar-refractivity contribution in [2.24, 2.45) is 0 Å². The second kappa shape index (κ2) is 8.64. The number of ether oxygens (including phenoxy) is 1. The van der Waals surface area contributed by atoms with Gasteiger partial charge >= 0.3 is 5.97 Å². The number of rotatable bonds is 5. The molecule has 0 aliphatic carbocycles. The smallest absolute Gasteiger partial charge is 0.338 e. The molecule has 0 unspecified atom stereocenters. The molecule has 1 aliphatic rings. The molecule has 1 aliphatic heterocycles. The number of nitrogens with zero attached hydrogens (tertiary/aromatic N) is 2. The number of allylic oxidation sites excluding steroid dienone is 1. The van der Waals surface area contributed by atoms with E-state index >= 15 is 0 Å². The predicted octanol–water partition coefficient (Wildman–Crippen LogP) is 5.15. The topological polar surface area (TPSA) is 85.0 Å². The van der Waals surface area contributed by atoms with E-state index in [1.165, 1.54) is 23.1 Å². The molecule has 4 rings (SSSR count). The summed E-state index contributed by atoms with van der Waals surface area (Å²) in [6.07, 6.45) is 3.52. The molecular formula is C23H21N3O3S2. The van der Waals surface area contributed by atoms with Gasteiger partial charge in [-0.15, -0.1) is 11.3 Å². The third-order valence-electron chi connectivity index (χ3n) is 5.08. The van der Waals surface area contributed by atoms with Gasteiger partial charge in [-0.2, -0.15) is 0 Å². The van der Waals surface area contributed by atoms with Gasteiger partial charge in [-0.25, -0.2) is 9.78 Å². The van der Waals surface area contributed by atoms with Crippen LogP contribution >= 0.6 is 23.1 Å². The molecule has 0 amide bonds. The van der Waals surface area contributed by atoms with E-state index in [0.29, 0.717) is 27.1 Å². The van der Waals surface area contributed by atoms with Crippen molar-refractivity contribution in [3.8, 4) is 5.69 Å². The normalized spacial score (nSPS) is 17.5. The standard InChI is InChI=1S/C23H21N3O3S2/c1-4-29-23(28)15-5-7-17(8-6-15)26-13(2)11-16(14(26)3)12-18-20(27)19(21(24)31-18)22-25-9-10-30-22/h5-12,19,24H,4H2,1-3H3/b18-12-,24-21?/t19-/m1/s1. The average molecular weight is 452 g/mol. The minimum absolute atomic E-state index is 0.0754. The number of aromatic nitrogens is 2. The number of carbonyl (C=O) groups is 2. The van der Waals surface area contributed by atoms with E-state index in [-0.39, 0.29) is 11.8 Å². The molecule has 31 heavy (non-hydrogen) atoms. The molecular weight excluding hydrogens is 430 g/mol. The maximum Gasteiger partial charge on any atom is 0.338 e. The highest BCUT2D eigenvalue weighted by Crippen LogP contribution is 2.41. The first kappa shape index (κ1) is 21.3. The summed E-state index contributed by atoms with van der Waals surface area (Å²) < 4.78 is 7.12. The van der Waals surface area contributed by atoms with Crippen molar-refractivity contribution in [3.05, 3.63) is 74.3 Å². The van der Waals surface area contributed by atoms with Gasteiger partial charge in [0.1, 0.15) is 10.9 Å². The Hall–Kier alpha value is -2.97. The van der Waals surface area contributed by atoms with Crippen LogP contribution in [0.25, 0.3) is 11.8 Å². The van der Waals surface area contributed by atoms with Crippen LogP contribution in [-0.4, -0.2) is 33.0 Å². The highest BCUT2D eigenvalue weighted by atomic mass is 32.2. The lowest BCUT2D eigenvalue weighted by molar-refractivity contribution is -0.114. The summed E-state index contributed by atoms with van der Waals surface area (Å²) in [5, 5.41) is 11.1. The van der Waals surface area contributed by atoms with Crippen LogP contribution < -0.4 is 0 Å². The van der Waals surface area contributed by atoms with Gasteiger partial charge in [0, 0.05) is 28.7 Å². The molecule has 0 radical (unpaired) electrons. The average Bonchev–Trinajstić information content (AvgIpc) is 3.42. The molecule has 6 nitrogen and oxygen atoms in total. The molecule has 1 aromatic carbocycles. The zero-order chi connectivity index (χ0) is 22.1.